The molecule has 100 valence electrons. The number of carbonyl (C=O) groups excluding carboxylic acids is 1. The molecule has 4 nitrogen and oxygen atoms in total. The van der Waals surface area contributed by atoms with Gasteiger partial charge in [-0.3, -0.25) is 14.9 Å². The number of para-hydroxylation sites is 1. The summed E-state index contributed by atoms with van der Waals surface area (Å²) in [6, 6.07) is 13.5. The van der Waals surface area contributed by atoms with Gasteiger partial charge in [0.25, 0.3) is 5.69 Å². The van der Waals surface area contributed by atoms with Crippen LogP contribution in [-0.4, -0.2) is 10.7 Å². The highest BCUT2D eigenvalue weighted by Gasteiger charge is 2.10. The monoisotopic (exact) mass is 267 g/mol. The molecule has 0 aliphatic heterocycles. The van der Waals surface area contributed by atoms with Crippen LogP contribution >= 0.6 is 0 Å². The summed E-state index contributed by atoms with van der Waals surface area (Å²) in [5.41, 5.74) is 1.97. The predicted molar refractivity (Wildman–Crippen MR) is 77.6 cm³/mol. The highest BCUT2D eigenvalue weighted by atomic mass is 16.6. The van der Waals surface area contributed by atoms with Crippen molar-refractivity contribution >= 4 is 17.5 Å². The number of ketones is 1. The number of nitrogens with zero attached hydrogens (tertiary/aromatic N) is 1. The zero-order valence-electron chi connectivity index (χ0n) is 10.9. The summed E-state index contributed by atoms with van der Waals surface area (Å²) in [5.74, 6) is -0.174. The lowest BCUT2D eigenvalue weighted by Crippen LogP contribution is -1.95. The van der Waals surface area contributed by atoms with Crippen molar-refractivity contribution in [2.75, 3.05) is 0 Å². The number of hydrogen-bond donors (Lipinski definition) is 0. The first kappa shape index (κ1) is 13.7. The van der Waals surface area contributed by atoms with Gasteiger partial charge in [-0.05, 0) is 31.2 Å². The average Bonchev–Trinajstić information content (AvgIpc) is 2.45. The maximum Gasteiger partial charge on any atom is 0.276 e. The lowest BCUT2D eigenvalue weighted by Gasteiger charge is -1.98. The summed E-state index contributed by atoms with van der Waals surface area (Å²) >= 11 is 0. The Labute approximate surface area is 116 Å². The highest BCUT2D eigenvalue weighted by molar-refractivity contribution is 6.07. The molecule has 0 fully saturated rings. The van der Waals surface area contributed by atoms with Gasteiger partial charge in [-0.1, -0.05) is 35.9 Å². The van der Waals surface area contributed by atoms with Crippen LogP contribution in [0.3, 0.4) is 0 Å². The van der Waals surface area contributed by atoms with E-state index in [9.17, 15) is 14.9 Å². The molecule has 2 aromatic carbocycles. The van der Waals surface area contributed by atoms with Gasteiger partial charge in [-0.15, -0.1) is 0 Å². The van der Waals surface area contributed by atoms with E-state index in [-0.39, 0.29) is 11.5 Å². The van der Waals surface area contributed by atoms with Gasteiger partial charge < -0.3 is 0 Å². The van der Waals surface area contributed by atoms with E-state index in [4.69, 9.17) is 0 Å². The molecule has 0 aliphatic rings. The van der Waals surface area contributed by atoms with Crippen LogP contribution in [0.2, 0.25) is 0 Å². The van der Waals surface area contributed by atoms with Gasteiger partial charge in [-0.25, -0.2) is 0 Å². The first-order chi connectivity index (χ1) is 9.58. The first-order valence-electron chi connectivity index (χ1n) is 6.10. The predicted octanol–water partition coefficient (Wildman–Crippen LogP) is 3.80. The third kappa shape index (κ3) is 3.17. The fourth-order valence-corrected chi connectivity index (χ4v) is 1.85. The van der Waals surface area contributed by atoms with Crippen LogP contribution in [0.1, 0.15) is 21.5 Å². The molecule has 0 spiro atoms. The minimum atomic E-state index is -0.461. The number of hydrogen-bond acceptors (Lipinski definition) is 3. The summed E-state index contributed by atoms with van der Waals surface area (Å²) in [4.78, 5) is 22.4. The summed E-state index contributed by atoms with van der Waals surface area (Å²) < 4.78 is 0. The van der Waals surface area contributed by atoms with Gasteiger partial charge in [0, 0.05) is 11.6 Å². The molecule has 0 aromatic heterocycles. The average molecular weight is 267 g/mol. The van der Waals surface area contributed by atoms with E-state index < -0.39 is 4.92 Å². The van der Waals surface area contributed by atoms with E-state index in [0.29, 0.717) is 11.1 Å². The van der Waals surface area contributed by atoms with Crippen molar-refractivity contribution in [2.45, 2.75) is 6.92 Å². The minimum absolute atomic E-state index is 0.0132. The van der Waals surface area contributed by atoms with Crippen LogP contribution in [0.25, 0.3) is 6.08 Å². The molecular weight excluding hydrogens is 254 g/mol. The zero-order valence-corrected chi connectivity index (χ0v) is 10.9. The lowest BCUT2D eigenvalue weighted by molar-refractivity contribution is -0.385. The molecule has 0 amide bonds. The Hall–Kier alpha value is -2.75. The minimum Gasteiger partial charge on any atom is -0.289 e. The van der Waals surface area contributed by atoms with E-state index in [1.54, 1.807) is 36.4 Å². The van der Waals surface area contributed by atoms with Gasteiger partial charge in [0.05, 0.1) is 10.5 Å². The van der Waals surface area contributed by atoms with E-state index in [1.807, 2.05) is 13.0 Å². The Bertz CT molecular complexity index is 690. The molecule has 2 aromatic rings. The van der Waals surface area contributed by atoms with Crippen LogP contribution < -0.4 is 0 Å². The molecule has 2 rings (SSSR count). The first-order valence-corrected chi connectivity index (χ1v) is 6.10. The van der Waals surface area contributed by atoms with Crippen molar-refractivity contribution in [1.29, 1.82) is 0 Å². The zero-order chi connectivity index (χ0) is 14.5. The Morgan fingerprint density at radius 3 is 2.60 bits per heavy atom. The molecule has 4 heteroatoms. The SMILES string of the molecule is Cc1cccc(C(=O)/C=C/c2ccccc2[N+](=O)[O-])c1. The highest BCUT2D eigenvalue weighted by Crippen LogP contribution is 2.19. The number of allylic oxidation sites excluding steroid dienone is 1. The van der Waals surface area contributed by atoms with Crippen molar-refractivity contribution in [3.63, 3.8) is 0 Å². The molecule has 0 aliphatic carbocycles. The molecule has 20 heavy (non-hydrogen) atoms. The molecule has 0 N–H and O–H groups in total. The van der Waals surface area contributed by atoms with Gasteiger partial charge in [0.1, 0.15) is 0 Å². The Morgan fingerprint density at radius 1 is 1.15 bits per heavy atom. The summed E-state index contributed by atoms with van der Waals surface area (Å²) in [7, 11) is 0. The topological polar surface area (TPSA) is 60.2 Å². The molecule has 0 saturated carbocycles. The number of nitro benzene ring substituents is 1. The maximum absolute atomic E-state index is 12.0. The standard InChI is InChI=1S/C16H13NO3/c1-12-5-4-7-14(11-12)16(18)10-9-13-6-2-3-8-15(13)17(19)20/h2-11H,1H3/b10-9+. The van der Waals surface area contributed by atoms with Gasteiger partial charge >= 0.3 is 0 Å². The van der Waals surface area contributed by atoms with Gasteiger partial charge in [0.2, 0.25) is 0 Å². The van der Waals surface area contributed by atoms with Crippen LogP contribution in [0, 0.1) is 17.0 Å². The number of nitro groups is 1. The summed E-state index contributed by atoms with van der Waals surface area (Å²) in [5, 5.41) is 10.9. The smallest absolute Gasteiger partial charge is 0.276 e. The molecule has 0 bridgehead atoms. The quantitative estimate of drug-likeness (QED) is 0.366. The maximum atomic E-state index is 12.0. The van der Waals surface area contributed by atoms with E-state index in [1.165, 1.54) is 18.2 Å². The Balaban J connectivity index is 2.26. The van der Waals surface area contributed by atoms with Crippen molar-refractivity contribution in [2.24, 2.45) is 0 Å². The van der Waals surface area contributed by atoms with Crippen molar-refractivity contribution < 1.29 is 9.72 Å². The lowest BCUT2D eigenvalue weighted by atomic mass is 10.1. The van der Waals surface area contributed by atoms with E-state index >= 15 is 0 Å². The number of carbonyl (C=O) groups is 1. The molecule has 0 atom stereocenters. The third-order valence-electron chi connectivity index (χ3n) is 2.85. The number of rotatable bonds is 4. The van der Waals surface area contributed by atoms with Crippen molar-refractivity contribution in [1.82, 2.24) is 0 Å². The van der Waals surface area contributed by atoms with E-state index in [0.717, 1.165) is 5.56 Å². The van der Waals surface area contributed by atoms with Gasteiger partial charge in [0.15, 0.2) is 5.78 Å². The largest absolute Gasteiger partial charge is 0.289 e. The number of aryl methyl sites for hydroxylation is 1. The third-order valence-corrected chi connectivity index (χ3v) is 2.85. The van der Waals surface area contributed by atoms with Crippen LogP contribution in [-0.2, 0) is 0 Å². The van der Waals surface area contributed by atoms with Gasteiger partial charge in [-0.2, -0.15) is 0 Å². The molecule has 0 saturated heterocycles. The fourth-order valence-electron chi connectivity index (χ4n) is 1.85. The van der Waals surface area contributed by atoms with Crippen molar-refractivity contribution in [3.8, 4) is 0 Å². The second kappa shape index (κ2) is 5.93. The van der Waals surface area contributed by atoms with Crippen molar-refractivity contribution in [3.05, 3.63) is 81.4 Å². The Kier molecular flexibility index (Phi) is 4.05. The Morgan fingerprint density at radius 2 is 1.90 bits per heavy atom. The summed E-state index contributed by atoms with van der Waals surface area (Å²) in [6.07, 6.45) is 2.83. The summed E-state index contributed by atoms with van der Waals surface area (Å²) in [6.45, 7) is 1.91. The normalized spacial score (nSPS) is 10.7. The molecule has 0 heterocycles. The molecule has 0 radical (unpaired) electrons. The van der Waals surface area contributed by atoms with Crippen LogP contribution in [0.15, 0.2) is 54.6 Å². The van der Waals surface area contributed by atoms with Crippen LogP contribution in [0.5, 0.6) is 0 Å². The van der Waals surface area contributed by atoms with E-state index in [2.05, 4.69) is 0 Å². The molecular formula is C16H13NO3. The number of benzene rings is 2. The second-order valence-electron chi connectivity index (χ2n) is 4.38. The molecule has 0 unspecified atom stereocenters. The second-order valence-corrected chi connectivity index (χ2v) is 4.38. The van der Waals surface area contributed by atoms with Crippen LogP contribution in [0.4, 0.5) is 5.69 Å². The fraction of sp³-hybridized carbons (Fsp3) is 0.0625.